The van der Waals surface area contributed by atoms with Gasteiger partial charge in [0.1, 0.15) is 17.2 Å². The summed E-state index contributed by atoms with van der Waals surface area (Å²) >= 11 is 0. The summed E-state index contributed by atoms with van der Waals surface area (Å²) in [6, 6.07) is 12.3. The molecule has 1 unspecified atom stereocenters. The van der Waals surface area contributed by atoms with E-state index < -0.39 is 24.7 Å². The van der Waals surface area contributed by atoms with Gasteiger partial charge in [0.15, 0.2) is 6.23 Å². The van der Waals surface area contributed by atoms with Gasteiger partial charge in [-0.3, -0.25) is 14.5 Å². The van der Waals surface area contributed by atoms with Crippen molar-refractivity contribution in [1.82, 2.24) is 0 Å². The van der Waals surface area contributed by atoms with Gasteiger partial charge >= 0.3 is 12.6 Å². The number of aliphatic hydroxyl groups is 1. The quantitative estimate of drug-likeness (QED) is 0.487. The van der Waals surface area contributed by atoms with Crippen LogP contribution in [-0.2, 0) is 4.79 Å². The fourth-order valence-electron chi connectivity index (χ4n) is 3.74. The fourth-order valence-corrected chi connectivity index (χ4v) is 3.74. The largest absolute Gasteiger partial charge is 0.496 e. The van der Waals surface area contributed by atoms with Crippen LogP contribution in [0.2, 0.25) is 0 Å². The van der Waals surface area contributed by atoms with Crippen LogP contribution in [0.4, 0.5) is 14.5 Å². The lowest BCUT2D eigenvalue weighted by atomic mass is 9.98. The average molecular weight is 429 g/mol. The molecule has 0 fully saturated rings. The number of ether oxygens (including phenoxy) is 3. The topological polar surface area (TPSA) is 85.3 Å². The van der Waals surface area contributed by atoms with E-state index in [1.807, 2.05) is 0 Å². The minimum absolute atomic E-state index is 0.0333. The van der Waals surface area contributed by atoms with Gasteiger partial charge in [0.2, 0.25) is 0 Å². The number of rotatable bonds is 5. The Morgan fingerprint density at radius 3 is 2.23 bits per heavy atom. The van der Waals surface area contributed by atoms with E-state index in [1.165, 1.54) is 44.4 Å². The number of esters is 1. The second-order valence-electron chi connectivity index (χ2n) is 6.71. The number of amides is 1. The lowest BCUT2D eigenvalue weighted by Crippen LogP contribution is -2.27. The molecule has 0 saturated heterocycles. The van der Waals surface area contributed by atoms with Crippen molar-refractivity contribution in [3.63, 3.8) is 0 Å². The Morgan fingerprint density at radius 2 is 1.68 bits per heavy atom. The Labute approximate surface area is 175 Å². The van der Waals surface area contributed by atoms with Crippen molar-refractivity contribution >= 4 is 28.3 Å². The Balaban J connectivity index is 1.89. The molecule has 1 atom stereocenters. The highest BCUT2D eigenvalue weighted by atomic mass is 19.3. The number of carbonyl (C=O) groups is 2. The maximum absolute atomic E-state index is 13.3. The maximum atomic E-state index is 13.3. The Hall–Kier alpha value is -3.72. The zero-order valence-electron chi connectivity index (χ0n) is 16.5. The molecule has 1 heterocycles. The van der Waals surface area contributed by atoms with E-state index in [2.05, 4.69) is 0 Å². The highest BCUT2D eigenvalue weighted by Gasteiger charge is 2.43. The second kappa shape index (κ2) is 7.84. The van der Waals surface area contributed by atoms with Crippen molar-refractivity contribution in [2.24, 2.45) is 0 Å². The molecule has 7 nitrogen and oxygen atoms in total. The van der Waals surface area contributed by atoms with Gasteiger partial charge in [-0.05, 0) is 24.3 Å². The lowest BCUT2D eigenvalue weighted by molar-refractivity contribution is -0.131. The zero-order valence-corrected chi connectivity index (χ0v) is 16.5. The summed E-state index contributed by atoms with van der Waals surface area (Å²) in [7, 11) is 1.36. The number of hydrogen-bond acceptors (Lipinski definition) is 6. The maximum Gasteiger partial charge on any atom is 0.387 e. The normalized spacial score (nSPS) is 15.4. The summed E-state index contributed by atoms with van der Waals surface area (Å²) in [5.74, 6) is -1.14. The zero-order chi connectivity index (χ0) is 22.3. The van der Waals surface area contributed by atoms with Gasteiger partial charge in [-0.25, -0.2) is 0 Å². The van der Waals surface area contributed by atoms with Crippen molar-refractivity contribution in [1.29, 1.82) is 0 Å². The molecule has 1 aliphatic rings. The third kappa shape index (κ3) is 3.42. The van der Waals surface area contributed by atoms with Gasteiger partial charge in [0.05, 0.1) is 18.2 Å². The predicted molar refractivity (Wildman–Crippen MR) is 107 cm³/mol. The van der Waals surface area contributed by atoms with Gasteiger partial charge in [-0.15, -0.1) is 0 Å². The molecule has 0 radical (unpaired) electrons. The van der Waals surface area contributed by atoms with Crippen LogP contribution in [0.1, 0.15) is 29.1 Å². The number of alkyl halides is 2. The molecule has 160 valence electrons. The van der Waals surface area contributed by atoms with E-state index in [1.54, 1.807) is 18.2 Å². The molecule has 0 spiro atoms. The molecule has 3 aromatic rings. The highest BCUT2D eigenvalue weighted by molar-refractivity contribution is 6.17. The molecule has 0 aromatic heterocycles. The SMILES string of the molecule is COc1c2c(c(OC(F)F)c3ccccc13)C(=O)N(c1ccc(OC(C)=O)cc1)C2O. The fraction of sp³-hybridized carbons (Fsp3) is 0.182. The number of halogens is 2. The number of methoxy groups -OCH3 is 1. The first-order chi connectivity index (χ1) is 14.8. The molecule has 1 aliphatic heterocycles. The van der Waals surface area contributed by atoms with E-state index in [0.29, 0.717) is 5.39 Å². The highest BCUT2D eigenvalue weighted by Crippen LogP contribution is 2.50. The van der Waals surface area contributed by atoms with Crippen molar-refractivity contribution in [2.45, 2.75) is 19.8 Å². The minimum atomic E-state index is -3.18. The standard InChI is InChI=1S/C22H17F2NO6/c1-11(26)30-13-9-7-12(8-10-13)25-20(27)16-17(21(25)28)19(31-22(23)24)15-6-4-3-5-14(15)18(16)29-2/h3-10,20,22,27H,1-2H3. The van der Waals surface area contributed by atoms with Crippen molar-refractivity contribution in [2.75, 3.05) is 12.0 Å². The first-order valence-corrected chi connectivity index (χ1v) is 9.21. The molecule has 0 aliphatic carbocycles. The molecular weight excluding hydrogens is 412 g/mol. The van der Waals surface area contributed by atoms with E-state index in [-0.39, 0.29) is 39.4 Å². The number of fused-ring (bicyclic) bond motifs is 2. The molecule has 0 saturated carbocycles. The average Bonchev–Trinajstić information content (AvgIpc) is 2.99. The summed E-state index contributed by atoms with van der Waals surface area (Å²) in [5.41, 5.74) is 0.0945. The van der Waals surface area contributed by atoms with Gasteiger partial charge in [-0.2, -0.15) is 8.78 Å². The van der Waals surface area contributed by atoms with Crippen molar-refractivity contribution in [3.05, 3.63) is 59.7 Å². The molecule has 4 rings (SSSR count). The van der Waals surface area contributed by atoms with Crippen molar-refractivity contribution in [3.8, 4) is 17.2 Å². The van der Waals surface area contributed by atoms with E-state index in [0.717, 1.165) is 4.90 Å². The minimum Gasteiger partial charge on any atom is -0.496 e. The van der Waals surface area contributed by atoms with E-state index in [4.69, 9.17) is 14.2 Å². The summed E-state index contributed by atoms with van der Waals surface area (Å²) in [6.45, 7) is -1.93. The Kier molecular flexibility index (Phi) is 5.20. The monoisotopic (exact) mass is 429 g/mol. The third-order valence-electron chi connectivity index (χ3n) is 4.88. The number of aliphatic hydroxyl groups excluding tert-OH is 1. The van der Waals surface area contributed by atoms with Crippen LogP contribution in [0.3, 0.4) is 0 Å². The summed E-state index contributed by atoms with van der Waals surface area (Å²) in [5, 5.41) is 11.7. The molecule has 0 bridgehead atoms. The number of hydrogen-bond donors (Lipinski definition) is 1. The van der Waals surface area contributed by atoms with Crippen LogP contribution in [-0.4, -0.2) is 30.7 Å². The first kappa shape index (κ1) is 20.5. The number of anilines is 1. The van der Waals surface area contributed by atoms with Crippen LogP contribution in [0.15, 0.2) is 48.5 Å². The molecule has 31 heavy (non-hydrogen) atoms. The van der Waals surface area contributed by atoms with Crippen LogP contribution in [0, 0.1) is 0 Å². The van der Waals surface area contributed by atoms with Crippen molar-refractivity contribution < 1.29 is 37.7 Å². The van der Waals surface area contributed by atoms with Gasteiger partial charge in [-0.1, -0.05) is 24.3 Å². The van der Waals surface area contributed by atoms with Gasteiger partial charge in [0, 0.05) is 23.4 Å². The van der Waals surface area contributed by atoms with Gasteiger partial charge < -0.3 is 19.3 Å². The van der Waals surface area contributed by atoms with E-state index >= 15 is 0 Å². The first-order valence-electron chi connectivity index (χ1n) is 9.21. The Bertz CT molecular complexity index is 1180. The third-order valence-corrected chi connectivity index (χ3v) is 4.88. The van der Waals surface area contributed by atoms with Crippen LogP contribution >= 0.6 is 0 Å². The van der Waals surface area contributed by atoms with Crippen LogP contribution in [0.5, 0.6) is 17.2 Å². The summed E-state index contributed by atoms with van der Waals surface area (Å²) in [4.78, 5) is 25.4. The lowest BCUT2D eigenvalue weighted by Gasteiger charge is -2.21. The molecule has 1 N–H and O–H groups in total. The predicted octanol–water partition coefficient (Wildman–Crippen LogP) is 4.03. The summed E-state index contributed by atoms with van der Waals surface area (Å²) < 4.78 is 41.6. The molecule has 1 amide bonds. The van der Waals surface area contributed by atoms with Gasteiger partial charge in [0.25, 0.3) is 5.91 Å². The smallest absolute Gasteiger partial charge is 0.387 e. The molecular formula is C22H17F2NO6. The second-order valence-corrected chi connectivity index (χ2v) is 6.71. The molecule has 9 heteroatoms. The van der Waals surface area contributed by atoms with Crippen LogP contribution < -0.4 is 19.1 Å². The Morgan fingerprint density at radius 1 is 1.06 bits per heavy atom. The van der Waals surface area contributed by atoms with E-state index in [9.17, 15) is 23.5 Å². The molecule has 3 aromatic carbocycles. The number of carbonyl (C=O) groups excluding carboxylic acids is 2. The number of benzene rings is 3. The number of nitrogens with zero attached hydrogens (tertiary/aromatic N) is 1. The summed E-state index contributed by atoms with van der Waals surface area (Å²) in [6.07, 6.45) is -1.51. The van der Waals surface area contributed by atoms with Crippen LogP contribution in [0.25, 0.3) is 10.8 Å².